The van der Waals surface area contributed by atoms with E-state index < -0.39 is 10.0 Å². The first kappa shape index (κ1) is 12.8. The Morgan fingerprint density at radius 1 is 1.59 bits per heavy atom. The van der Waals surface area contributed by atoms with Crippen molar-refractivity contribution in [2.24, 2.45) is 0 Å². The molecule has 1 aliphatic heterocycles. The van der Waals surface area contributed by atoms with E-state index >= 15 is 0 Å². The monoisotopic (exact) mass is 276 g/mol. The van der Waals surface area contributed by atoms with E-state index in [2.05, 4.69) is 4.98 Å². The van der Waals surface area contributed by atoms with Gasteiger partial charge in [-0.05, 0) is 19.1 Å². The van der Waals surface area contributed by atoms with Gasteiger partial charge in [-0.2, -0.15) is 4.31 Å². The van der Waals surface area contributed by atoms with Gasteiger partial charge in [0.25, 0.3) is 0 Å². The molecule has 1 atom stereocenters. The summed E-state index contributed by atoms with van der Waals surface area (Å²) in [5, 5.41) is 0.174. The zero-order valence-corrected chi connectivity index (χ0v) is 10.9. The summed E-state index contributed by atoms with van der Waals surface area (Å²) >= 11 is 5.70. The number of hydrogen-bond donors (Lipinski definition) is 0. The average Bonchev–Trinajstić information content (AvgIpc) is 2.29. The molecular formula is C10H13ClN2O3S. The van der Waals surface area contributed by atoms with Crippen molar-refractivity contribution in [2.45, 2.75) is 17.9 Å². The summed E-state index contributed by atoms with van der Waals surface area (Å²) in [6, 6.07) is 2.80. The second-order valence-corrected chi connectivity index (χ2v) is 6.18. The van der Waals surface area contributed by atoms with Crippen molar-refractivity contribution in [1.29, 1.82) is 0 Å². The van der Waals surface area contributed by atoms with Gasteiger partial charge >= 0.3 is 0 Å². The molecule has 1 fully saturated rings. The van der Waals surface area contributed by atoms with Gasteiger partial charge in [0, 0.05) is 19.3 Å². The van der Waals surface area contributed by atoms with Crippen LogP contribution in [0.2, 0.25) is 5.15 Å². The van der Waals surface area contributed by atoms with Crippen LogP contribution in [0.25, 0.3) is 0 Å². The normalized spacial score (nSPS) is 22.6. The van der Waals surface area contributed by atoms with Gasteiger partial charge in [0.2, 0.25) is 10.0 Å². The number of hydrogen-bond acceptors (Lipinski definition) is 4. The smallest absolute Gasteiger partial charge is 0.243 e. The first-order valence-electron chi connectivity index (χ1n) is 5.23. The Labute approximate surface area is 105 Å². The second-order valence-electron chi connectivity index (χ2n) is 3.86. The molecule has 0 N–H and O–H groups in total. The topological polar surface area (TPSA) is 59.5 Å². The molecule has 2 heterocycles. The lowest BCUT2D eigenvalue weighted by Crippen LogP contribution is -2.44. The molecule has 1 aliphatic rings. The van der Waals surface area contributed by atoms with E-state index in [0.29, 0.717) is 19.7 Å². The molecule has 7 heteroatoms. The molecule has 0 saturated carbocycles. The van der Waals surface area contributed by atoms with Gasteiger partial charge in [-0.3, -0.25) is 0 Å². The van der Waals surface area contributed by atoms with Crippen LogP contribution in [-0.2, 0) is 14.8 Å². The summed E-state index contributed by atoms with van der Waals surface area (Å²) in [6.07, 6.45) is 1.30. The fraction of sp³-hybridized carbons (Fsp3) is 0.500. The molecule has 0 aromatic carbocycles. The van der Waals surface area contributed by atoms with Gasteiger partial charge < -0.3 is 4.74 Å². The molecule has 17 heavy (non-hydrogen) atoms. The molecule has 94 valence electrons. The summed E-state index contributed by atoms with van der Waals surface area (Å²) in [7, 11) is -3.49. The molecule has 0 radical (unpaired) electrons. The Morgan fingerprint density at radius 3 is 3.00 bits per heavy atom. The van der Waals surface area contributed by atoms with E-state index in [1.54, 1.807) is 0 Å². The maximum Gasteiger partial charge on any atom is 0.243 e. The summed E-state index contributed by atoms with van der Waals surface area (Å²) < 4.78 is 31.3. The predicted molar refractivity (Wildman–Crippen MR) is 63.4 cm³/mol. The van der Waals surface area contributed by atoms with Crippen LogP contribution in [0, 0.1) is 0 Å². The van der Waals surface area contributed by atoms with Crippen LogP contribution in [-0.4, -0.2) is 43.5 Å². The van der Waals surface area contributed by atoms with Gasteiger partial charge in [-0.1, -0.05) is 11.6 Å². The Hall–Kier alpha value is -0.690. The van der Waals surface area contributed by atoms with E-state index in [9.17, 15) is 8.42 Å². The van der Waals surface area contributed by atoms with Gasteiger partial charge in [0.15, 0.2) is 0 Å². The zero-order chi connectivity index (χ0) is 12.5. The third kappa shape index (κ3) is 2.77. The Morgan fingerprint density at radius 2 is 2.35 bits per heavy atom. The molecule has 1 saturated heterocycles. The zero-order valence-electron chi connectivity index (χ0n) is 9.34. The van der Waals surface area contributed by atoms with Crippen molar-refractivity contribution < 1.29 is 13.2 Å². The highest BCUT2D eigenvalue weighted by atomic mass is 35.5. The number of nitrogens with zero attached hydrogens (tertiary/aromatic N) is 2. The van der Waals surface area contributed by atoms with E-state index in [0.717, 1.165) is 0 Å². The van der Waals surface area contributed by atoms with Crippen LogP contribution in [0.3, 0.4) is 0 Å². The minimum atomic E-state index is -3.49. The largest absolute Gasteiger partial charge is 0.376 e. The van der Waals surface area contributed by atoms with Gasteiger partial charge in [-0.25, -0.2) is 13.4 Å². The van der Waals surface area contributed by atoms with Crippen molar-refractivity contribution in [1.82, 2.24) is 9.29 Å². The second kappa shape index (κ2) is 4.89. The first-order valence-corrected chi connectivity index (χ1v) is 7.05. The Kier molecular flexibility index (Phi) is 3.67. The molecule has 1 unspecified atom stereocenters. The number of sulfonamides is 1. The molecule has 0 amide bonds. The SMILES string of the molecule is CC1CN(S(=O)(=O)c2ccnc(Cl)c2)CCO1. The van der Waals surface area contributed by atoms with E-state index in [4.69, 9.17) is 16.3 Å². The summed E-state index contributed by atoms with van der Waals surface area (Å²) in [6.45, 7) is 3.00. The molecule has 0 aliphatic carbocycles. The maximum absolute atomic E-state index is 12.3. The van der Waals surface area contributed by atoms with Crippen LogP contribution in [0.5, 0.6) is 0 Å². The molecule has 2 rings (SSSR count). The Bertz CT molecular complexity index is 506. The number of rotatable bonds is 2. The highest BCUT2D eigenvalue weighted by Gasteiger charge is 2.29. The van der Waals surface area contributed by atoms with Crippen LogP contribution >= 0.6 is 11.6 Å². The van der Waals surface area contributed by atoms with Crippen molar-refractivity contribution in [3.05, 3.63) is 23.5 Å². The Balaban J connectivity index is 2.29. The first-order chi connectivity index (χ1) is 8.00. The quantitative estimate of drug-likeness (QED) is 0.760. The number of aromatic nitrogens is 1. The summed E-state index contributed by atoms with van der Waals surface area (Å²) in [5.41, 5.74) is 0. The number of ether oxygens (including phenoxy) is 1. The van der Waals surface area contributed by atoms with Gasteiger partial charge in [0.05, 0.1) is 17.6 Å². The van der Waals surface area contributed by atoms with Crippen LogP contribution in [0.4, 0.5) is 0 Å². The number of morpholine rings is 1. The third-order valence-corrected chi connectivity index (χ3v) is 4.61. The lowest BCUT2D eigenvalue weighted by molar-refractivity contribution is 0.0102. The highest BCUT2D eigenvalue weighted by molar-refractivity contribution is 7.89. The minimum absolute atomic E-state index is 0.0872. The van der Waals surface area contributed by atoms with E-state index in [1.807, 2.05) is 6.92 Å². The fourth-order valence-corrected chi connectivity index (χ4v) is 3.45. The molecule has 1 aromatic heterocycles. The lowest BCUT2D eigenvalue weighted by atomic mass is 10.3. The van der Waals surface area contributed by atoms with Gasteiger partial charge in [0.1, 0.15) is 5.15 Å². The van der Waals surface area contributed by atoms with E-state index in [1.165, 1.54) is 22.6 Å². The molecule has 0 bridgehead atoms. The van der Waals surface area contributed by atoms with Crippen LogP contribution < -0.4 is 0 Å². The van der Waals surface area contributed by atoms with Crippen molar-refractivity contribution in [2.75, 3.05) is 19.7 Å². The summed E-state index contributed by atoms with van der Waals surface area (Å²) in [4.78, 5) is 3.94. The van der Waals surface area contributed by atoms with Gasteiger partial charge in [-0.15, -0.1) is 0 Å². The molecule has 1 aromatic rings. The number of halogens is 1. The molecule has 0 spiro atoms. The predicted octanol–water partition coefficient (Wildman–Crippen LogP) is 1.14. The minimum Gasteiger partial charge on any atom is -0.376 e. The number of pyridine rings is 1. The van der Waals surface area contributed by atoms with Crippen LogP contribution in [0.1, 0.15) is 6.92 Å². The molecular weight excluding hydrogens is 264 g/mol. The van der Waals surface area contributed by atoms with Crippen molar-refractivity contribution in [3.63, 3.8) is 0 Å². The highest BCUT2D eigenvalue weighted by Crippen LogP contribution is 2.20. The van der Waals surface area contributed by atoms with Crippen molar-refractivity contribution in [3.8, 4) is 0 Å². The third-order valence-electron chi connectivity index (χ3n) is 2.54. The summed E-state index contributed by atoms with van der Waals surface area (Å²) in [5.74, 6) is 0. The average molecular weight is 277 g/mol. The maximum atomic E-state index is 12.3. The lowest BCUT2D eigenvalue weighted by Gasteiger charge is -2.30. The van der Waals surface area contributed by atoms with Crippen LogP contribution in [0.15, 0.2) is 23.2 Å². The van der Waals surface area contributed by atoms with Crippen molar-refractivity contribution >= 4 is 21.6 Å². The van der Waals surface area contributed by atoms with E-state index in [-0.39, 0.29) is 16.2 Å². The standard InChI is InChI=1S/C10H13ClN2O3S/c1-8-7-13(4-5-16-8)17(14,15)9-2-3-12-10(11)6-9/h2-3,6,8H,4-5,7H2,1H3. The fourth-order valence-electron chi connectivity index (χ4n) is 1.70. The molecule has 5 nitrogen and oxygen atoms in total.